The van der Waals surface area contributed by atoms with Gasteiger partial charge in [-0.15, -0.1) is 0 Å². The third kappa shape index (κ3) is 2.58. The maximum atomic E-state index is 12.8. The molecule has 1 aliphatic heterocycles. The summed E-state index contributed by atoms with van der Waals surface area (Å²) in [5.41, 5.74) is 1.75. The number of carbonyl (C=O) groups excluding carboxylic acids is 2. The molecule has 0 radical (unpaired) electrons. The van der Waals surface area contributed by atoms with Crippen LogP contribution in [-0.4, -0.2) is 11.8 Å². The highest BCUT2D eigenvalue weighted by Gasteiger charge is 2.39. The fraction of sp³-hybridized carbons (Fsp3) is 0.143. The Morgan fingerprint density at radius 1 is 0.833 bits per heavy atom. The highest BCUT2D eigenvalue weighted by molar-refractivity contribution is 6.21. The van der Waals surface area contributed by atoms with Gasteiger partial charge in [0.2, 0.25) is 11.8 Å². The number of rotatable bonds is 3. The molecule has 3 nitrogen and oxygen atoms in total. The zero-order chi connectivity index (χ0) is 16.5. The van der Waals surface area contributed by atoms with Crippen LogP contribution in [0.5, 0.6) is 0 Å². The molecule has 118 valence electrons. The minimum absolute atomic E-state index is 0.0980. The van der Waals surface area contributed by atoms with E-state index >= 15 is 0 Å². The van der Waals surface area contributed by atoms with Gasteiger partial charge in [-0.3, -0.25) is 14.5 Å². The Hall–Kier alpha value is -2.94. The normalized spacial score (nSPS) is 17.7. The van der Waals surface area contributed by atoms with E-state index in [0.29, 0.717) is 12.1 Å². The summed E-state index contributed by atoms with van der Waals surface area (Å²) < 4.78 is 0. The maximum absolute atomic E-state index is 12.8. The molecule has 1 unspecified atom stereocenters. The van der Waals surface area contributed by atoms with Crippen molar-refractivity contribution in [1.29, 1.82) is 0 Å². The molecule has 1 heterocycles. The van der Waals surface area contributed by atoms with Crippen LogP contribution in [0.2, 0.25) is 0 Å². The first-order chi connectivity index (χ1) is 11.7. The zero-order valence-electron chi connectivity index (χ0n) is 13.2. The minimum atomic E-state index is -0.272. The Balaban J connectivity index is 1.63. The van der Waals surface area contributed by atoms with E-state index < -0.39 is 0 Å². The molecule has 0 aromatic heterocycles. The number of amides is 2. The van der Waals surface area contributed by atoms with Crippen LogP contribution in [0, 0.1) is 5.92 Å². The van der Waals surface area contributed by atoms with Crippen LogP contribution in [-0.2, 0) is 16.0 Å². The molecule has 0 spiro atoms. The molecule has 1 saturated heterocycles. The molecular weight excluding hydrogens is 298 g/mol. The summed E-state index contributed by atoms with van der Waals surface area (Å²) >= 11 is 0. The van der Waals surface area contributed by atoms with E-state index in [9.17, 15) is 9.59 Å². The second-order valence-corrected chi connectivity index (χ2v) is 6.19. The minimum Gasteiger partial charge on any atom is -0.274 e. The van der Waals surface area contributed by atoms with Gasteiger partial charge in [0.05, 0.1) is 11.6 Å². The third-order valence-corrected chi connectivity index (χ3v) is 4.56. The number of hydrogen-bond donors (Lipinski definition) is 0. The Bertz CT molecular complexity index is 917. The Morgan fingerprint density at radius 2 is 1.54 bits per heavy atom. The van der Waals surface area contributed by atoms with E-state index in [-0.39, 0.29) is 24.2 Å². The number of nitrogens with zero attached hydrogens (tertiary/aromatic N) is 1. The van der Waals surface area contributed by atoms with Crippen molar-refractivity contribution in [3.63, 3.8) is 0 Å². The molecule has 1 aliphatic rings. The monoisotopic (exact) mass is 315 g/mol. The van der Waals surface area contributed by atoms with Gasteiger partial charge >= 0.3 is 0 Å². The molecule has 0 aliphatic carbocycles. The van der Waals surface area contributed by atoms with Crippen LogP contribution >= 0.6 is 0 Å². The summed E-state index contributed by atoms with van der Waals surface area (Å²) in [5, 5.41) is 2.13. The fourth-order valence-electron chi connectivity index (χ4n) is 3.34. The van der Waals surface area contributed by atoms with Gasteiger partial charge in [0.25, 0.3) is 0 Å². The molecule has 3 heteroatoms. The molecule has 4 rings (SSSR count). The number of anilines is 1. The van der Waals surface area contributed by atoms with Crippen molar-refractivity contribution < 1.29 is 9.59 Å². The Labute approximate surface area is 140 Å². The Morgan fingerprint density at radius 3 is 2.33 bits per heavy atom. The lowest BCUT2D eigenvalue weighted by Crippen LogP contribution is -2.30. The number of imide groups is 1. The van der Waals surface area contributed by atoms with Crippen molar-refractivity contribution in [3.05, 3.63) is 78.4 Å². The topological polar surface area (TPSA) is 37.4 Å². The van der Waals surface area contributed by atoms with E-state index in [1.165, 1.54) is 4.90 Å². The van der Waals surface area contributed by atoms with Crippen molar-refractivity contribution in [2.75, 3.05) is 4.90 Å². The molecular formula is C21H17NO2. The van der Waals surface area contributed by atoms with Crippen LogP contribution in [0.15, 0.2) is 72.8 Å². The molecule has 1 fully saturated rings. The SMILES string of the molecule is O=C1CC(Cc2ccccc2)C(=O)N1c1ccc2ccccc2c1. The lowest BCUT2D eigenvalue weighted by Gasteiger charge is -2.16. The standard InChI is InChI=1S/C21H17NO2/c23-20-14-18(12-15-6-2-1-3-7-15)21(24)22(20)19-11-10-16-8-4-5-9-17(16)13-19/h1-11,13,18H,12,14H2. The molecule has 0 saturated carbocycles. The summed E-state index contributed by atoms with van der Waals surface area (Å²) in [6, 6.07) is 23.5. The average molecular weight is 315 g/mol. The highest BCUT2D eigenvalue weighted by atomic mass is 16.2. The summed E-state index contributed by atoms with van der Waals surface area (Å²) in [5.74, 6) is -0.485. The largest absolute Gasteiger partial charge is 0.274 e. The lowest BCUT2D eigenvalue weighted by molar-refractivity contribution is -0.122. The number of hydrogen-bond acceptors (Lipinski definition) is 2. The van der Waals surface area contributed by atoms with E-state index in [0.717, 1.165) is 16.3 Å². The van der Waals surface area contributed by atoms with Crippen molar-refractivity contribution in [1.82, 2.24) is 0 Å². The maximum Gasteiger partial charge on any atom is 0.237 e. The predicted octanol–water partition coefficient (Wildman–Crippen LogP) is 3.96. The molecule has 3 aromatic carbocycles. The molecule has 0 bridgehead atoms. The number of benzene rings is 3. The average Bonchev–Trinajstić information content (AvgIpc) is 2.89. The van der Waals surface area contributed by atoms with Gasteiger partial charge in [-0.25, -0.2) is 0 Å². The van der Waals surface area contributed by atoms with Gasteiger partial charge in [0.15, 0.2) is 0 Å². The lowest BCUT2D eigenvalue weighted by atomic mass is 9.98. The molecule has 3 aromatic rings. The van der Waals surface area contributed by atoms with Crippen LogP contribution < -0.4 is 4.90 Å². The van der Waals surface area contributed by atoms with E-state index in [4.69, 9.17) is 0 Å². The molecule has 0 N–H and O–H groups in total. The van der Waals surface area contributed by atoms with Gasteiger partial charge in [0.1, 0.15) is 0 Å². The van der Waals surface area contributed by atoms with Crippen LogP contribution in [0.3, 0.4) is 0 Å². The van der Waals surface area contributed by atoms with Gasteiger partial charge < -0.3 is 0 Å². The van der Waals surface area contributed by atoms with Crippen molar-refractivity contribution in [2.45, 2.75) is 12.8 Å². The molecule has 1 atom stereocenters. The van der Waals surface area contributed by atoms with Crippen molar-refractivity contribution in [2.24, 2.45) is 5.92 Å². The van der Waals surface area contributed by atoms with Crippen LogP contribution in [0.25, 0.3) is 10.8 Å². The predicted molar refractivity (Wildman–Crippen MR) is 94.7 cm³/mol. The zero-order valence-corrected chi connectivity index (χ0v) is 13.2. The van der Waals surface area contributed by atoms with Crippen molar-refractivity contribution >= 4 is 28.3 Å². The van der Waals surface area contributed by atoms with Crippen LogP contribution in [0.1, 0.15) is 12.0 Å². The van der Waals surface area contributed by atoms with E-state index in [1.807, 2.05) is 72.8 Å². The Kier molecular flexibility index (Phi) is 3.62. The second kappa shape index (κ2) is 5.93. The quantitative estimate of drug-likeness (QED) is 0.686. The van der Waals surface area contributed by atoms with Gasteiger partial charge in [-0.1, -0.05) is 60.7 Å². The fourth-order valence-corrected chi connectivity index (χ4v) is 3.34. The molecule has 24 heavy (non-hydrogen) atoms. The molecule has 2 amide bonds. The van der Waals surface area contributed by atoms with Gasteiger partial charge in [-0.05, 0) is 34.9 Å². The van der Waals surface area contributed by atoms with Gasteiger partial charge in [0, 0.05) is 6.42 Å². The van der Waals surface area contributed by atoms with Crippen LogP contribution in [0.4, 0.5) is 5.69 Å². The summed E-state index contributed by atoms with van der Waals surface area (Å²) in [4.78, 5) is 26.5. The highest BCUT2D eigenvalue weighted by Crippen LogP contribution is 2.30. The number of fused-ring (bicyclic) bond motifs is 1. The smallest absolute Gasteiger partial charge is 0.237 e. The van der Waals surface area contributed by atoms with Gasteiger partial charge in [-0.2, -0.15) is 0 Å². The first-order valence-electron chi connectivity index (χ1n) is 8.12. The number of carbonyl (C=O) groups is 2. The summed E-state index contributed by atoms with van der Waals surface area (Å²) in [7, 11) is 0. The summed E-state index contributed by atoms with van der Waals surface area (Å²) in [6.07, 6.45) is 0.885. The second-order valence-electron chi connectivity index (χ2n) is 6.19. The summed E-state index contributed by atoms with van der Waals surface area (Å²) in [6.45, 7) is 0. The first-order valence-corrected chi connectivity index (χ1v) is 8.12. The first kappa shape index (κ1) is 14.6. The van der Waals surface area contributed by atoms with Crippen molar-refractivity contribution in [3.8, 4) is 0 Å². The van der Waals surface area contributed by atoms with E-state index in [1.54, 1.807) is 0 Å². The van der Waals surface area contributed by atoms with E-state index in [2.05, 4.69) is 0 Å². The third-order valence-electron chi connectivity index (χ3n) is 4.56.